The van der Waals surface area contributed by atoms with Crippen molar-refractivity contribution in [1.82, 2.24) is 15.5 Å². The minimum Gasteiger partial charge on any atom is -0.406 e. The molecule has 0 saturated heterocycles. The predicted octanol–water partition coefficient (Wildman–Crippen LogP) is 0.180. The highest BCUT2D eigenvalue weighted by molar-refractivity contribution is 7.89. The van der Waals surface area contributed by atoms with Crippen LogP contribution >= 0.6 is 0 Å². The molecule has 19 heavy (non-hydrogen) atoms. The molecule has 4 N–H and O–H groups in total. The number of primary sulfonamides is 1. The molecule has 0 unspecified atom stereocenters. The molecule has 1 aromatic carbocycles. The van der Waals surface area contributed by atoms with E-state index in [0.717, 1.165) is 0 Å². The SMILES string of the molecule is CNCc1nnc(Nc2ccc(S(N)(=O)=O)cc2)o1. The second-order valence-electron chi connectivity index (χ2n) is 3.73. The fraction of sp³-hybridized carbons (Fsp3) is 0.200. The second-order valence-corrected chi connectivity index (χ2v) is 5.29. The van der Waals surface area contributed by atoms with Crippen LogP contribution in [0.15, 0.2) is 33.6 Å². The summed E-state index contributed by atoms with van der Waals surface area (Å²) in [5.74, 6) is 0.450. The Morgan fingerprint density at radius 1 is 1.26 bits per heavy atom. The van der Waals surface area contributed by atoms with E-state index >= 15 is 0 Å². The number of anilines is 2. The average molecular weight is 283 g/mol. The van der Waals surface area contributed by atoms with Crippen molar-refractivity contribution in [3.8, 4) is 0 Å². The summed E-state index contributed by atoms with van der Waals surface area (Å²) in [6.45, 7) is 0.471. The van der Waals surface area contributed by atoms with Gasteiger partial charge >= 0.3 is 6.01 Å². The van der Waals surface area contributed by atoms with Gasteiger partial charge in [-0.3, -0.25) is 0 Å². The summed E-state index contributed by atoms with van der Waals surface area (Å²) in [6, 6.07) is 6.13. The van der Waals surface area contributed by atoms with Crippen LogP contribution in [0.4, 0.5) is 11.7 Å². The van der Waals surface area contributed by atoms with Gasteiger partial charge in [0, 0.05) is 5.69 Å². The zero-order valence-electron chi connectivity index (χ0n) is 10.1. The molecule has 9 heteroatoms. The smallest absolute Gasteiger partial charge is 0.320 e. The fourth-order valence-corrected chi connectivity index (χ4v) is 1.89. The van der Waals surface area contributed by atoms with Crippen molar-refractivity contribution in [1.29, 1.82) is 0 Å². The van der Waals surface area contributed by atoms with Crippen molar-refractivity contribution < 1.29 is 12.8 Å². The molecule has 102 valence electrons. The van der Waals surface area contributed by atoms with Crippen molar-refractivity contribution in [2.24, 2.45) is 5.14 Å². The Labute approximate surface area is 110 Å². The highest BCUT2D eigenvalue weighted by Gasteiger charge is 2.08. The molecule has 0 amide bonds. The van der Waals surface area contributed by atoms with Gasteiger partial charge in [0.1, 0.15) is 0 Å². The molecule has 0 aliphatic carbocycles. The van der Waals surface area contributed by atoms with Gasteiger partial charge in [0.2, 0.25) is 15.9 Å². The maximum absolute atomic E-state index is 11.1. The van der Waals surface area contributed by atoms with E-state index in [4.69, 9.17) is 9.56 Å². The van der Waals surface area contributed by atoms with E-state index in [2.05, 4.69) is 20.8 Å². The number of hydrogen-bond donors (Lipinski definition) is 3. The first kappa shape index (κ1) is 13.5. The Bertz CT molecular complexity index is 650. The van der Waals surface area contributed by atoms with Gasteiger partial charge < -0.3 is 15.1 Å². The van der Waals surface area contributed by atoms with Crippen LogP contribution in [0, 0.1) is 0 Å². The first-order valence-electron chi connectivity index (χ1n) is 5.36. The number of benzene rings is 1. The van der Waals surface area contributed by atoms with Gasteiger partial charge in [0.15, 0.2) is 0 Å². The fourth-order valence-electron chi connectivity index (χ4n) is 1.38. The molecule has 2 aromatic rings. The summed E-state index contributed by atoms with van der Waals surface area (Å²) in [5, 5.41) is 18.3. The van der Waals surface area contributed by atoms with E-state index in [-0.39, 0.29) is 10.9 Å². The Morgan fingerprint density at radius 3 is 2.53 bits per heavy atom. The van der Waals surface area contributed by atoms with E-state index in [1.165, 1.54) is 12.1 Å². The summed E-state index contributed by atoms with van der Waals surface area (Å²) < 4.78 is 27.5. The van der Waals surface area contributed by atoms with Crippen molar-refractivity contribution in [2.75, 3.05) is 12.4 Å². The van der Waals surface area contributed by atoms with Crippen molar-refractivity contribution in [3.05, 3.63) is 30.2 Å². The molecule has 0 fully saturated rings. The van der Waals surface area contributed by atoms with Crippen LogP contribution in [0.2, 0.25) is 0 Å². The monoisotopic (exact) mass is 283 g/mol. The molecule has 0 atom stereocenters. The largest absolute Gasteiger partial charge is 0.406 e. The van der Waals surface area contributed by atoms with Gasteiger partial charge in [-0.15, -0.1) is 5.10 Å². The quantitative estimate of drug-likeness (QED) is 0.715. The Hall–Kier alpha value is -1.97. The first-order chi connectivity index (χ1) is 8.99. The van der Waals surface area contributed by atoms with Gasteiger partial charge in [-0.05, 0) is 31.3 Å². The van der Waals surface area contributed by atoms with Crippen LogP contribution in [-0.4, -0.2) is 25.7 Å². The minimum absolute atomic E-state index is 0.0412. The molecule has 0 bridgehead atoms. The summed E-state index contributed by atoms with van der Waals surface area (Å²) in [7, 11) is -1.92. The van der Waals surface area contributed by atoms with Crippen molar-refractivity contribution in [3.63, 3.8) is 0 Å². The summed E-state index contributed by atoms with van der Waals surface area (Å²) in [6.07, 6.45) is 0. The highest BCUT2D eigenvalue weighted by Crippen LogP contribution is 2.17. The first-order valence-corrected chi connectivity index (χ1v) is 6.90. The third-order valence-electron chi connectivity index (χ3n) is 2.23. The van der Waals surface area contributed by atoms with Gasteiger partial charge in [0.25, 0.3) is 0 Å². The lowest BCUT2D eigenvalue weighted by atomic mass is 10.3. The van der Waals surface area contributed by atoms with Crippen LogP contribution in [0.25, 0.3) is 0 Å². The van der Waals surface area contributed by atoms with Crippen LogP contribution in [0.1, 0.15) is 5.89 Å². The predicted molar refractivity (Wildman–Crippen MR) is 68.2 cm³/mol. The van der Waals surface area contributed by atoms with Gasteiger partial charge in [-0.1, -0.05) is 5.10 Å². The number of aromatic nitrogens is 2. The zero-order valence-corrected chi connectivity index (χ0v) is 10.9. The normalized spacial score (nSPS) is 11.5. The lowest BCUT2D eigenvalue weighted by molar-refractivity contribution is 0.493. The standard InChI is InChI=1S/C10H13N5O3S/c1-12-6-9-14-15-10(18-9)13-7-2-4-8(5-3-7)19(11,16)17/h2-5,12H,6H2,1H3,(H,13,15)(H2,11,16,17). The number of nitrogens with zero attached hydrogens (tertiary/aromatic N) is 2. The Balaban J connectivity index is 2.10. The van der Waals surface area contributed by atoms with Crippen LogP contribution in [0.5, 0.6) is 0 Å². The molecular weight excluding hydrogens is 270 g/mol. The van der Waals surface area contributed by atoms with E-state index < -0.39 is 10.0 Å². The number of sulfonamides is 1. The van der Waals surface area contributed by atoms with E-state index in [1.54, 1.807) is 19.2 Å². The van der Waals surface area contributed by atoms with E-state index in [1.807, 2.05) is 0 Å². The molecule has 1 heterocycles. The molecule has 8 nitrogen and oxygen atoms in total. The molecule has 2 rings (SSSR count). The van der Waals surface area contributed by atoms with Gasteiger partial charge in [0.05, 0.1) is 11.4 Å². The van der Waals surface area contributed by atoms with Gasteiger partial charge in [-0.2, -0.15) is 0 Å². The third-order valence-corrected chi connectivity index (χ3v) is 3.16. The molecule has 0 aliphatic heterocycles. The van der Waals surface area contributed by atoms with Crippen molar-refractivity contribution >= 4 is 21.7 Å². The molecule has 0 spiro atoms. The molecular formula is C10H13N5O3S. The number of nitrogens with two attached hydrogens (primary N) is 1. The lowest BCUT2D eigenvalue weighted by Gasteiger charge is -2.02. The van der Waals surface area contributed by atoms with Crippen LogP contribution in [-0.2, 0) is 16.6 Å². The lowest BCUT2D eigenvalue weighted by Crippen LogP contribution is -2.11. The highest BCUT2D eigenvalue weighted by atomic mass is 32.2. The Kier molecular flexibility index (Phi) is 3.79. The average Bonchev–Trinajstić information content (AvgIpc) is 2.77. The van der Waals surface area contributed by atoms with E-state index in [0.29, 0.717) is 18.1 Å². The number of nitrogens with one attached hydrogen (secondary N) is 2. The summed E-state index contributed by atoms with van der Waals surface area (Å²) in [5.41, 5.74) is 0.618. The molecule has 1 aromatic heterocycles. The summed E-state index contributed by atoms with van der Waals surface area (Å²) >= 11 is 0. The zero-order chi connectivity index (χ0) is 13.9. The molecule has 0 radical (unpaired) electrons. The maximum atomic E-state index is 11.1. The molecule has 0 saturated carbocycles. The topological polar surface area (TPSA) is 123 Å². The summed E-state index contributed by atoms with van der Waals surface area (Å²) in [4.78, 5) is 0.0412. The van der Waals surface area contributed by atoms with Crippen LogP contribution in [0.3, 0.4) is 0 Å². The third kappa shape index (κ3) is 3.50. The minimum atomic E-state index is -3.68. The van der Waals surface area contributed by atoms with Gasteiger partial charge in [-0.25, -0.2) is 13.6 Å². The van der Waals surface area contributed by atoms with E-state index in [9.17, 15) is 8.42 Å². The second kappa shape index (κ2) is 5.34. The number of hydrogen-bond acceptors (Lipinski definition) is 7. The van der Waals surface area contributed by atoms with Crippen LogP contribution < -0.4 is 15.8 Å². The Morgan fingerprint density at radius 2 is 1.95 bits per heavy atom. The molecule has 0 aliphatic rings. The van der Waals surface area contributed by atoms with Crippen molar-refractivity contribution in [2.45, 2.75) is 11.4 Å². The maximum Gasteiger partial charge on any atom is 0.320 e. The number of rotatable bonds is 5.